The van der Waals surface area contributed by atoms with E-state index in [1.165, 1.54) is 14.2 Å². The highest BCUT2D eigenvalue weighted by Gasteiger charge is 2.24. The minimum absolute atomic E-state index is 0.190. The van der Waals surface area contributed by atoms with Crippen molar-refractivity contribution < 1.29 is 28.5 Å². The molecular formula is C21H23NO6. The van der Waals surface area contributed by atoms with Gasteiger partial charge in [-0.05, 0) is 48.7 Å². The number of benzene rings is 2. The summed E-state index contributed by atoms with van der Waals surface area (Å²) in [5.41, 5.74) is 2.16. The summed E-state index contributed by atoms with van der Waals surface area (Å²) in [5.74, 6) is 0.797. The smallest absolute Gasteiger partial charge is 0.341 e. The van der Waals surface area contributed by atoms with Crippen LogP contribution < -0.4 is 19.1 Å². The molecular weight excluding hydrogens is 362 g/mol. The molecule has 2 aromatic rings. The average Bonchev–Trinajstić information content (AvgIpc) is 2.75. The van der Waals surface area contributed by atoms with Crippen LogP contribution in [0, 0.1) is 0 Å². The Morgan fingerprint density at radius 2 is 1.71 bits per heavy atom. The lowest BCUT2D eigenvalue weighted by atomic mass is 10.0. The van der Waals surface area contributed by atoms with Crippen LogP contribution in [0.5, 0.6) is 17.2 Å². The Morgan fingerprint density at radius 3 is 2.43 bits per heavy atom. The first kappa shape index (κ1) is 19.5. The first-order chi connectivity index (χ1) is 13.6. The fourth-order valence-electron chi connectivity index (χ4n) is 3.20. The summed E-state index contributed by atoms with van der Waals surface area (Å²) in [7, 11) is 4.43. The molecule has 0 fully saturated rings. The summed E-state index contributed by atoms with van der Waals surface area (Å²) in [6, 6.07) is 10.4. The minimum Gasteiger partial charge on any atom is -0.497 e. The van der Waals surface area contributed by atoms with Crippen LogP contribution in [0.15, 0.2) is 36.4 Å². The highest BCUT2D eigenvalue weighted by atomic mass is 16.5. The van der Waals surface area contributed by atoms with Gasteiger partial charge in [0.15, 0.2) is 6.61 Å². The molecule has 2 aromatic carbocycles. The monoisotopic (exact) mass is 385 g/mol. The first-order valence-electron chi connectivity index (χ1n) is 8.93. The van der Waals surface area contributed by atoms with E-state index in [1.807, 2.05) is 18.2 Å². The molecule has 7 nitrogen and oxygen atoms in total. The highest BCUT2D eigenvalue weighted by Crippen LogP contribution is 2.31. The maximum absolute atomic E-state index is 12.8. The molecule has 0 atom stereocenters. The highest BCUT2D eigenvalue weighted by molar-refractivity contribution is 5.96. The van der Waals surface area contributed by atoms with Gasteiger partial charge < -0.3 is 23.8 Å². The van der Waals surface area contributed by atoms with Crippen LogP contribution >= 0.6 is 0 Å². The Kier molecular flexibility index (Phi) is 6.03. The molecule has 0 bridgehead atoms. The van der Waals surface area contributed by atoms with Gasteiger partial charge in [0.1, 0.15) is 22.8 Å². The lowest BCUT2D eigenvalue weighted by Gasteiger charge is -2.29. The van der Waals surface area contributed by atoms with Gasteiger partial charge in [0.2, 0.25) is 0 Å². The largest absolute Gasteiger partial charge is 0.497 e. The number of hydrogen-bond donors (Lipinski definition) is 0. The predicted molar refractivity (Wildman–Crippen MR) is 103 cm³/mol. The van der Waals surface area contributed by atoms with Gasteiger partial charge in [-0.1, -0.05) is 0 Å². The first-order valence-corrected chi connectivity index (χ1v) is 8.93. The van der Waals surface area contributed by atoms with E-state index in [-0.39, 0.29) is 23.8 Å². The number of esters is 1. The Bertz CT molecular complexity index is 879. The molecule has 1 aliphatic heterocycles. The molecule has 28 heavy (non-hydrogen) atoms. The molecule has 1 amide bonds. The van der Waals surface area contributed by atoms with E-state index in [0.29, 0.717) is 12.3 Å². The number of fused-ring (bicyclic) bond motifs is 1. The normalized spacial score (nSPS) is 12.8. The second-order valence-corrected chi connectivity index (χ2v) is 6.29. The Hall–Kier alpha value is -3.22. The zero-order chi connectivity index (χ0) is 20.1. The molecule has 0 saturated heterocycles. The van der Waals surface area contributed by atoms with E-state index < -0.39 is 5.97 Å². The summed E-state index contributed by atoms with van der Waals surface area (Å²) in [4.78, 5) is 26.5. The SMILES string of the molecule is COC(=O)c1ccc(OC)cc1OCC(=O)N1CCCc2cc(OC)ccc21. The summed E-state index contributed by atoms with van der Waals surface area (Å²) < 4.78 is 20.9. The van der Waals surface area contributed by atoms with Crippen molar-refractivity contribution in [2.24, 2.45) is 0 Å². The number of carbonyl (C=O) groups excluding carboxylic acids is 2. The summed E-state index contributed by atoms with van der Waals surface area (Å²) in [6.45, 7) is 0.409. The van der Waals surface area contributed by atoms with Crippen molar-refractivity contribution >= 4 is 17.6 Å². The zero-order valence-corrected chi connectivity index (χ0v) is 16.2. The molecule has 148 valence electrons. The number of hydrogen-bond acceptors (Lipinski definition) is 6. The number of carbonyl (C=O) groups is 2. The van der Waals surface area contributed by atoms with Crippen molar-refractivity contribution in [3.8, 4) is 17.2 Å². The van der Waals surface area contributed by atoms with Gasteiger partial charge in [0.25, 0.3) is 5.91 Å². The van der Waals surface area contributed by atoms with Crippen LogP contribution in [-0.2, 0) is 16.0 Å². The molecule has 3 rings (SSSR count). The average molecular weight is 385 g/mol. The van der Waals surface area contributed by atoms with E-state index >= 15 is 0 Å². The van der Waals surface area contributed by atoms with Crippen LogP contribution in [0.3, 0.4) is 0 Å². The lowest BCUT2D eigenvalue weighted by molar-refractivity contribution is -0.120. The second-order valence-electron chi connectivity index (χ2n) is 6.29. The van der Waals surface area contributed by atoms with Crippen LogP contribution in [0.1, 0.15) is 22.3 Å². The summed E-state index contributed by atoms with van der Waals surface area (Å²) in [6.07, 6.45) is 1.75. The molecule has 0 radical (unpaired) electrons. The zero-order valence-electron chi connectivity index (χ0n) is 16.2. The number of nitrogens with zero attached hydrogens (tertiary/aromatic N) is 1. The number of anilines is 1. The molecule has 0 aliphatic carbocycles. The molecule has 0 aromatic heterocycles. The molecule has 0 unspecified atom stereocenters. The van der Waals surface area contributed by atoms with Gasteiger partial charge in [0.05, 0.1) is 21.3 Å². The lowest BCUT2D eigenvalue weighted by Crippen LogP contribution is -2.38. The standard InChI is InChI=1S/C21H23NO6/c1-25-15-7-9-18-14(11-15)5-4-10-22(18)20(23)13-28-19-12-16(26-2)6-8-17(19)21(24)27-3/h6-9,11-12H,4-5,10,13H2,1-3H3. The van der Waals surface area contributed by atoms with E-state index in [9.17, 15) is 9.59 Å². The van der Waals surface area contributed by atoms with Crippen molar-refractivity contribution in [1.29, 1.82) is 0 Å². The van der Waals surface area contributed by atoms with Crippen LogP contribution in [0.2, 0.25) is 0 Å². The van der Waals surface area contributed by atoms with Crippen molar-refractivity contribution in [3.05, 3.63) is 47.5 Å². The van der Waals surface area contributed by atoms with Crippen molar-refractivity contribution in [3.63, 3.8) is 0 Å². The van der Waals surface area contributed by atoms with Gasteiger partial charge in [-0.15, -0.1) is 0 Å². The summed E-state index contributed by atoms with van der Waals surface area (Å²) in [5, 5.41) is 0. The molecule has 7 heteroatoms. The molecule has 1 heterocycles. The van der Waals surface area contributed by atoms with E-state index in [1.54, 1.807) is 30.2 Å². The number of methoxy groups -OCH3 is 3. The van der Waals surface area contributed by atoms with Crippen LogP contribution in [0.4, 0.5) is 5.69 Å². The quantitative estimate of drug-likeness (QED) is 0.712. The van der Waals surface area contributed by atoms with Crippen LogP contribution in [-0.4, -0.2) is 46.4 Å². The predicted octanol–water partition coefficient (Wildman–Crippen LogP) is 2.85. The van der Waals surface area contributed by atoms with E-state index in [2.05, 4.69) is 0 Å². The number of ether oxygens (including phenoxy) is 4. The van der Waals surface area contributed by atoms with Crippen molar-refractivity contribution in [1.82, 2.24) is 0 Å². The Morgan fingerprint density at radius 1 is 1.00 bits per heavy atom. The van der Waals surface area contributed by atoms with Gasteiger partial charge >= 0.3 is 5.97 Å². The second kappa shape index (κ2) is 8.65. The van der Waals surface area contributed by atoms with E-state index in [4.69, 9.17) is 18.9 Å². The maximum atomic E-state index is 12.8. The van der Waals surface area contributed by atoms with Crippen molar-refractivity contribution in [2.75, 3.05) is 39.4 Å². The number of amides is 1. The third kappa shape index (κ3) is 4.03. The molecule has 1 aliphatic rings. The third-order valence-corrected chi connectivity index (χ3v) is 4.65. The fourth-order valence-corrected chi connectivity index (χ4v) is 3.20. The fraction of sp³-hybridized carbons (Fsp3) is 0.333. The molecule has 0 N–H and O–H groups in total. The maximum Gasteiger partial charge on any atom is 0.341 e. The minimum atomic E-state index is -0.541. The van der Waals surface area contributed by atoms with Crippen molar-refractivity contribution in [2.45, 2.75) is 12.8 Å². The Labute approximate surface area is 163 Å². The van der Waals surface area contributed by atoms with Gasteiger partial charge in [0, 0.05) is 18.3 Å². The van der Waals surface area contributed by atoms with E-state index in [0.717, 1.165) is 29.8 Å². The topological polar surface area (TPSA) is 74.3 Å². The van der Waals surface area contributed by atoms with Gasteiger partial charge in [-0.2, -0.15) is 0 Å². The van der Waals surface area contributed by atoms with Crippen LogP contribution in [0.25, 0.3) is 0 Å². The Balaban J connectivity index is 1.78. The van der Waals surface area contributed by atoms with Gasteiger partial charge in [-0.3, -0.25) is 4.79 Å². The number of rotatable bonds is 6. The molecule has 0 saturated carbocycles. The summed E-state index contributed by atoms with van der Waals surface area (Å²) >= 11 is 0. The van der Waals surface area contributed by atoms with Gasteiger partial charge in [-0.25, -0.2) is 4.79 Å². The number of aryl methyl sites for hydroxylation is 1. The third-order valence-electron chi connectivity index (χ3n) is 4.65. The molecule has 0 spiro atoms.